The van der Waals surface area contributed by atoms with Crippen LogP contribution >= 0.6 is 11.8 Å². The van der Waals surface area contributed by atoms with Crippen molar-refractivity contribution in [1.29, 1.82) is 0 Å². The maximum atomic E-state index is 13.4. The van der Waals surface area contributed by atoms with Crippen LogP contribution in [0.15, 0.2) is 58.2 Å². The number of para-hydroxylation sites is 2. The monoisotopic (exact) mass is 422 g/mol. The summed E-state index contributed by atoms with van der Waals surface area (Å²) in [6.07, 6.45) is 0. The van der Waals surface area contributed by atoms with Crippen LogP contribution in [0, 0.1) is 6.92 Å². The molecular formula is C22H22N4O3S. The molecule has 1 aliphatic rings. The molecule has 3 aromatic rings. The van der Waals surface area contributed by atoms with Crippen LogP contribution in [0.3, 0.4) is 0 Å². The third-order valence-corrected chi connectivity index (χ3v) is 6.06. The molecule has 2 heterocycles. The van der Waals surface area contributed by atoms with Crippen LogP contribution in [0.1, 0.15) is 26.3 Å². The lowest BCUT2D eigenvalue weighted by Gasteiger charge is -2.42. The van der Waals surface area contributed by atoms with Crippen molar-refractivity contribution >= 4 is 35.0 Å². The van der Waals surface area contributed by atoms with Crippen LogP contribution < -0.4 is 10.2 Å². The predicted molar refractivity (Wildman–Crippen MR) is 116 cm³/mol. The Morgan fingerprint density at radius 3 is 2.60 bits per heavy atom. The van der Waals surface area contributed by atoms with Gasteiger partial charge < -0.3 is 9.73 Å². The molecule has 1 aliphatic heterocycles. The molecule has 0 bridgehead atoms. The van der Waals surface area contributed by atoms with Crippen LogP contribution in [-0.2, 0) is 9.59 Å². The van der Waals surface area contributed by atoms with Gasteiger partial charge in [-0.05, 0) is 51.5 Å². The van der Waals surface area contributed by atoms with E-state index < -0.39 is 10.8 Å². The van der Waals surface area contributed by atoms with E-state index in [2.05, 4.69) is 15.5 Å². The standard InChI is InChI=1S/C22H22N4O3S/c1-13-9-5-6-10-15(13)18-24-25-21(29-18)30-14(2)19(27)26-17-12-8-7-11-16(17)23-20(28)22(26,3)4/h5-12,14H,1-4H3,(H,23,28)/t14-/m0/s1. The molecule has 154 valence electrons. The fourth-order valence-corrected chi connectivity index (χ4v) is 4.13. The zero-order valence-electron chi connectivity index (χ0n) is 17.2. The minimum atomic E-state index is -1.03. The van der Waals surface area contributed by atoms with Gasteiger partial charge in [-0.15, -0.1) is 10.2 Å². The van der Waals surface area contributed by atoms with Crippen molar-refractivity contribution in [2.24, 2.45) is 0 Å². The molecule has 0 spiro atoms. The van der Waals surface area contributed by atoms with E-state index in [1.165, 1.54) is 11.8 Å². The number of carbonyl (C=O) groups is 2. The minimum absolute atomic E-state index is 0.206. The van der Waals surface area contributed by atoms with Gasteiger partial charge in [-0.1, -0.05) is 42.1 Å². The van der Waals surface area contributed by atoms with Crippen molar-refractivity contribution in [2.75, 3.05) is 10.2 Å². The van der Waals surface area contributed by atoms with Gasteiger partial charge in [0.1, 0.15) is 5.54 Å². The molecule has 7 nitrogen and oxygen atoms in total. The number of fused-ring (bicyclic) bond motifs is 1. The Hall–Kier alpha value is -3.13. The Labute approximate surface area is 178 Å². The third kappa shape index (κ3) is 3.47. The molecule has 2 aromatic carbocycles. The van der Waals surface area contributed by atoms with Gasteiger partial charge in [-0.25, -0.2) is 0 Å². The zero-order chi connectivity index (χ0) is 21.5. The number of amides is 2. The van der Waals surface area contributed by atoms with E-state index in [4.69, 9.17) is 4.42 Å². The topological polar surface area (TPSA) is 88.3 Å². The number of aryl methyl sites for hydroxylation is 1. The third-order valence-electron chi connectivity index (χ3n) is 5.14. The summed E-state index contributed by atoms with van der Waals surface area (Å²) in [5, 5.41) is 10.9. The van der Waals surface area contributed by atoms with E-state index in [1.54, 1.807) is 31.7 Å². The summed E-state index contributed by atoms with van der Waals surface area (Å²) >= 11 is 1.18. The quantitative estimate of drug-likeness (QED) is 0.631. The molecule has 0 saturated heterocycles. The van der Waals surface area contributed by atoms with Gasteiger partial charge >= 0.3 is 0 Å². The first-order chi connectivity index (χ1) is 14.3. The molecule has 30 heavy (non-hydrogen) atoms. The first-order valence-electron chi connectivity index (χ1n) is 9.60. The van der Waals surface area contributed by atoms with Gasteiger partial charge in [-0.3, -0.25) is 14.5 Å². The highest BCUT2D eigenvalue weighted by Gasteiger charge is 2.45. The predicted octanol–water partition coefficient (Wildman–Crippen LogP) is 4.29. The van der Waals surface area contributed by atoms with Crippen LogP contribution in [0.2, 0.25) is 0 Å². The van der Waals surface area contributed by atoms with Gasteiger partial charge in [0.25, 0.3) is 5.22 Å². The molecule has 0 unspecified atom stereocenters. The van der Waals surface area contributed by atoms with Crippen LogP contribution in [0.4, 0.5) is 11.4 Å². The lowest BCUT2D eigenvalue weighted by atomic mass is 9.96. The second-order valence-corrected chi connectivity index (χ2v) is 8.94. The first-order valence-corrected chi connectivity index (χ1v) is 10.5. The highest BCUT2D eigenvalue weighted by Crippen LogP contribution is 2.38. The second-order valence-electron chi connectivity index (χ2n) is 7.65. The van der Waals surface area contributed by atoms with E-state index in [9.17, 15) is 9.59 Å². The van der Waals surface area contributed by atoms with Crippen molar-refractivity contribution < 1.29 is 14.0 Å². The van der Waals surface area contributed by atoms with Gasteiger partial charge in [0.2, 0.25) is 17.7 Å². The fraction of sp³-hybridized carbons (Fsp3) is 0.273. The van der Waals surface area contributed by atoms with Crippen molar-refractivity contribution in [3.8, 4) is 11.5 Å². The maximum Gasteiger partial charge on any atom is 0.277 e. The molecule has 1 atom stereocenters. The normalized spacial score (nSPS) is 16.0. The van der Waals surface area contributed by atoms with Crippen molar-refractivity contribution in [2.45, 2.75) is 43.7 Å². The van der Waals surface area contributed by atoms with Crippen LogP contribution in [-0.4, -0.2) is 32.8 Å². The zero-order valence-corrected chi connectivity index (χ0v) is 18.0. The average molecular weight is 423 g/mol. The van der Waals surface area contributed by atoms with E-state index >= 15 is 0 Å². The summed E-state index contributed by atoms with van der Waals surface area (Å²) in [7, 11) is 0. The number of nitrogens with one attached hydrogen (secondary N) is 1. The highest BCUT2D eigenvalue weighted by molar-refractivity contribution is 8.00. The summed E-state index contributed by atoms with van der Waals surface area (Å²) in [6.45, 7) is 7.21. The SMILES string of the molecule is Cc1ccccc1-c1nnc(S[C@@H](C)C(=O)N2c3ccccc3NC(=O)C2(C)C)o1. The molecule has 4 rings (SSSR count). The van der Waals surface area contributed by atoms with Crippen LogP contribution in [0.25, 0.3) is 11.5 Å². The summed E-state index contributed by atoms with van der Waals surface area (Å²) in [5.41, 5.74) is 2.15. The number of hydrogen-bond acceptors (Lipinski definition) is 6. The summed E-state index contributed by atoms with van der Waals surface area (Å²) in [6, 6.07) is 15.0. The highest BCUT2D eigenvalue weighted by atomic mass is 32.2. The van der Waals surface area contributed by atoms with E-state index in [1.807, 2.05) is 49.4 Å². The largest absolute Gasteiger partial charge is 0.411 e. The van der Waals surface area contributed by atoms with Gasteiger partial charge in [0, 0.05) is 5.56 Å². The number of benzene rings is 2. The minimum Gasteiger partial charge on any atom is -0.411 e. The van der Waals surface area contributed by atoms with Crippen molar-refractivity contribution in [3.63, 3.8) is 0 Å². The summed E-state index contributed by atoms with van der Waals surface area (Å²) < 4.78 is 5.79. The van der Waals surface area contributed by atoms with E-state index in [0.717, 1.165) is 11.1 Å². The molecule has 0 saturated carbocycles. The van der Waals surface area contributed by atoms with E-state index in [0.29, 0.717) is 22.5 Å². The number of anilines is 2. The number of thioether (sulfide) groups is 1. The fourth-order valence-electron chi connectivity index (χ4n) is 3.41. The smallest absolute Gasteiger partial charge is 0.277 e. The van der Waals surface area contributed by atoms with Crippen LogP contribution in [0.5, 0.6) is 0 Å². The van der Waals surface area contributed by atoms with Crippen molar-refractivity contribution in [3.05, 3.63) is 54.1 Å². The maximum absolute atomic E-state index is 13.4. The van der Waals surface area contributed by atoms with Gasteiger partial charge in [0.05, 0.1) is 16.6 Å². The molecule has 0 radical (unpaired) electrons. The van der Waals surface area contributed by atoms with Gasteiger partial charge in [0.15, 0.2) is 0 Å². The van der Waals surface area contributed by atoms with Gasteiger partial charge in [-0.2, -0.15) is 0 Å². The molecule has 1 aromatic heterocycles. The molecule has 0 aliphatic carbocycles. The second kappa shape index (κ2) is 7.60. The Morgan fingerprint density at radius 2 is 1.83 bits per heavy atom. The Bertz CT molecular complexity index is 1120. The lowest BCUT2D eigenvalue weighted by molar-refractivity contribution is -0.126. The first kappa shape index (κ1) is 20.2. The molecular weight excluding hydrogens is 400 g/mol. The average Bonchev–Trinajstić information content (AvgIpc) is 3.17. The number of aromatic nitrogens is 2. The van der Waals surface area contributed by atoms with E-state index in [-0.39, 0.29) is 11.8 Å². The Morgan fingerprint density at radius 1 is 1.13 bits per heavy atom. The molecule has 8 heteroatoms. The summed E-state index contributed by atoms with van der Waals surface area (Å²) in [4.78, 5) is 27.6. The van der Waals surface area contributed by atoms with Crippen molar-refractivity contribution in [1.82, 2.24) is 10.2 Å². The Balaban J connectivity index is 1.59. The Kier molecular flexibility index (Phi) is 5.11. The molecule has 1 N–H and O–H groups in total. The number of rotatable bonds is 4. The number of nitrogens with zero attached hydrogens (tertiary/aromatic N) is 3. The lowest BCUT2D eigenvalue weighted by Crippen LogP contribution is -2.60. The number of carbonyl (C=O) groups excluding carboxylic acids is 2. The number of hydrogen-bond donors (Lipinski definition) is 1. The molecule has 2 amide bonds. The summed E-state index contributed by atoms with van der Waals surface area (Å²) in [5.74, 6) is -0.0207. The molecule has 0 fully saturated rings.